The molecule has 72 valence electrons. The molecule has 0 radical (unpaired) electrons. The molecule has 0 nitrogen and oxygen atoms in total. The Hall–Kier alpha value is 0.530. The third-order valence-corrected chi connectivity index (χ3v) is 4.52. The Balaban J connectivity index is 2.45. The molecule has 0 saturated heterocycles. The summed E-state index contributed by atoms with van der Waals surface area (Å²) >= 11 is 8.85. The molecule has 13 heavy (non-hydrogen) atoms. The smallest absolute Gasteiger partial charge is 0.0186 e. The molecule has 3 heteroatoms. The van der Waals surface area contributed by atoms with Gasteiger partial charge >= 0.3 is 0 Å². The van der Waals surface area contributed by atoms with E-state index in [1.807, 2.05) is 11.8 Å². The lowest BCUT2D eigenvalue weighted by atomic mass is 10.3. The Morgan fingerprint density at radius 3 is 2.85 bits per heavy atom. The first kappa shape index (κ1) is 11.6. The van der Waals surface area contributed by atoms with Crippen LogP contribution in [-0.2, 0) is 0 Å². The Morgan fingerprint density at radius 1 is 1.46 bits per heavy atom. The second kappa shape index (κ2) is 6.10. The molecule has 1 atom stereocenters. The third-order valence-electron chi connectivity index (χ3n) is 1.59. The van der Waals surface area contributed by atoms with E-state index >= 15 is 0 Å². The maximum atomic E-state index is 3.48. The highest BCUT2D eigenvalue weighted by molar-refractivity contribution is 9.10. The van der Waals surface area contributed by atoms with Crippen LogP contribution >= 0.6 is 43.6 Å². The van der Waals surface area contributed by atoms with Crippen LogP contribution in [0.1, 0.15) is 6.92 Å². The van der Waals surface area contributed by atoms with E-state index in [-0.39, 0.29) is 0 Å². The van der Waals surface area contributed by atoms with Gasteiger partial charge in [0.25, 0.3) is 0 Å². The lowest BCUT2D eigenvalue weighted by Gasteiger charge is -2.06. The van der Waals surface area contributed by atoms with Crippen molar-refractivity contribution in [1.82, 2.24) is 0 Å². The lowest BCUT2D eigenvalue weighted by molar-refractivity contribution is 0.770. The highest BCUT2D eigenvalue weighted by Crippen LogP contribution is 2.24. The molecule has 0 fully saturated rings. The summed E-state index contributed by atoms with van der Waals surface area (Å²) in [5, 5.41) is 1.08. The molecule has 0 bridgehead atoms. The Morgan fingerprint density at radius 2 is 2.23 bits per heavy atom. The summed E-state index contributed by atoms with van der Waals surface area (Å²) in [7, 11) is 0. The first-order chi connectivity index (χ1) is 6.22. The van der Waals surface area contributed by atoms with Crippen LogP contribution in [0.5, 0.6) is 0 Å². The van der Waals surface area contributed by atoms with Crippen molar-refractivity contribution in [3.8, 4) is 0 Å². The van der Waals surface area contributed by atoms with Gasteiger partial charge in [-0.15, -0.1) is 11.8 Å². The van der Waals surface area contributed by atoms with Crippen molar-refractivity contribution in [2.24, 2.45) is 5.92 Å². The predicted octanol–water partition coefficient (Wildman–Crippen LogP) is 4.57. The maximum absolute atomic E-state index is 3.48. The van der Waals surface area contributed by atoms with Crippen molar-refractivity contribution in [3.63, 3.8) is 0 Å². The summed E-state index contributed by atoms with van der Waals surface area (Å²) in [6.45, 7) is 2.25. The Kier molecular flexibility index (Phi) is 5.44. The fourth-order valence-corrected chi connectivity index (χ4v) is 2.90. The van der Waals surface area contributed by atoms with Crippen molar-refractivity contribution in [1.29, 1.82) is 0 Å². The first-order valence-corrected chi connectivity index (χ1v) is 7.06. The van der Waals surface area contributed by atoms with Crippen LogP contribution in [0.2, 0.25) is 0 Å². The van der Waals surface area contributed by atoms with Gasteiger partial charge in [0, 0.05) is 20.5 Å². The Bertz CT molecular complexity index is 263. The van der Waals surface area contributed by atoms with Crippen LogP contribution < -0.4 is 0 Å². The zero-order valence-electron chi connectivity index (χ0n) is 7.47. The van der Waals surface area contributed by atoms with Crippen LogP contribution in [0, 0.1) is 5.92 Å². The fraction of sp³-hybridized carbons (Fsp3) is 0.400. The van der Waals surface area contributed by atoms with Gasteiger partial charge in [0.05, 0.1) is 0 Å². The summed E-state index contributed by atoms with van der Waals surface area (Å²) in [5.41, 5.74) is 0. The normalized spacial score (nSPS) is 12.8. The average Bonchev–Trinajstić information content (AvgIpc) is 2.14. The predicted molar refractivity (Wildman–Crippen MR) is 67.8 cm³/mol. The quantitative estimate of drug-likeness (QED) is 0.577. The van der Waals surface area contributed by atoms with Gasteiger partial charge in [-0.3, -0.25) is 0 Å². The van der Waals surface area contributed by atoms with E-state index < -0.39 is 0 Å². The number of hydrogen-bond acceptors (Lipinski definition) is 1. The van der Waals surface area contributed by atoms with Crippen LogP contribution in [-0.4, -0.2) is 11.1 Å². The van der Waals surface area contributed by atoms with Crippen LogP contribution in [0.3, 0.4) is 0 Å². The van der Waals surface area contributed by atoms with Gasteiger partial charge in [0.15, 0.2) is 0 Å². The minimum absolute atomic E-state index is 0.726. The lowest BCUT2D eigenvalue weighted by Crippen LogP contribution is -1.98. The van der Waals surface area contributed by atoms with Gasteiger partial charge in [0.2, 0.25) is 0 Å². The zero-order valence-corrected chi connectivity index (χ0v) is 11.5. The van der Waals surface area contributed by atoms with Crippen molar-refractivity contribution in [3.05, 3.63) is 28.7 Å². The molecular formula is C10H12Br2S. The molecule has 1 rings (SSSR count). The van der Waals surface area contributed by atoms with E-state index in [1.165, 1.54) is 10.6 Å². The summed E-state index contributed by atoms with van der Waals surface area (Å²) in [6, 6.07) is 8.44. The molecule has 0 N–H and O–H groups in total. The number of halogens is 2. The van der Waals surface area contributed by atoms with Crippen LogP contribution in [0.4, 0.5) is 0 Å². The maximum Gasteiger partial charge on any atom is 0.0186 e. The second-order valence-electron chi connectivity index (χ2n) is 3.03. The van der Waals surface area contributed by atoms with E-state index in [0.717, 1.165) is 15.7 Å². The molecule has 1 aromatic rings. The standard InChI is InChI=1S/C10H12Br2S/c1-8(6-11)7-13-10-4-2-3-9(12)5-10/h2-5,8H,6-7H2,1H3. The largest absolute Gasteiger partial charge is 0.126 e. The van der Waals surface area contributed by atoms with Crippen LogP contribution in [0.15, 0.2) is 33.6 Å². The van der Waals surface area contributed by atoms with Crippen molar-refractivity contribution in [2.45, 2.75) is 11.8 Å². The number of alkyl halides is 1. The number of hydrogen-bond donors (Lipinski definition) is 0. The molecule has 0 spiro atoms. The van der Waals surface area contributed by atoms with Crippen molar-refractivity contribution < 1.29 is 0 Å². The van der Waals surface area contributed by atoms with Crippen molar-refractivity contribution in [2.75, 3.05) is 11.1 Å². The minimum atomic E-state index is 0.726. The van der Waals surface area contributed by atoms with E-state index in [0.29, 0.717) is 0 Å². The fourth-order valence-electron chi connectivity index (χ4n) is 0.840. The average molecular weight is 324 g/mol. The summed E-state index contributed by atoms with van der Waals surface area (Å²) in [5.74, 6) is 1.89. The molecule has 0 aromatic heterocycles. The number of rotatable bonds is 4. The zero-order chi connectivity index (χ0) is 9.68. The number of thioether (sulfide) groups is 1. The molecule has 0 heterocycles. The third kappa shape index (κ3) is 4.52. The summed E-state index contributed by atoms with van der Waals surface area (Å²) in [6.07, 6.45) is 0. The Labute approximate surface area is 101 Å². The highest BCUT2D eigenvalue weighted by Gasteiger charge is 2.01. The molecule has 1 unspecified atom stereocenters. The summed E-state index contributed by atoms with van der Waals surface area (Å²) < 4.78 is 1.16. The number of benzene rings is 1. The molecular weight excluding hydrogens is 312 g/mol. The molecule has 0 aliphatic rings. The molecule has 0 aliphatic heterocycles. The van der Waals surface area contributed by atoms with E-state index in [9.17, 15) is 0 Å². The van der Waals surface area contributed by atoms with E-state index in [4.69, 9.17) is 0 Å². The SMILES string of the molecule is CC(CBr)CSc1cccc(Br)c1. The van der Waals surface area contributed by atoms with Crippen molar-refractivity contribution >= 4 is 43.6 Å². The first-order valence-electron chi connectivity index (χ1n) is 4.16. The van der Waals surface area contributed by atoms with E-state index in [2.05, 4.69) is 63.0 Å². The summed E-state index contributed by atoms with van der Waals surface area (Å²) in [4.78, 5) is 1.34. The molecule has 1 aromatic carbocycles. The van der Waals surface area contributed by atoms with E-state index in [1.54, 1.807) is 0 Å². The van der Waals surface area contributed by atoms with Gasteiger partial charge < -0.3 is 0 Å². The molecule has 0 amide bonds. The van der Waals surface area contributed by atoms with Gasteiger partial charge in [0.1, 0.15) is 0 Å². The second-order valence-corrected chi connectivity index (χ2v) is 5.68. The molecule has 0 aliphatic carbocycles. The van der Waals surface area contributed by atoms with Gasteiger partial charge in [-0.05, 0) is 24.1 Å². The van der Waals surface area contributed by atoms with Gasteiger partial charge in [-0.2, -0.15) is 0 Å². The van der Waals surface area contributed by atoms with Gasteiger partial charge in [-0.1, -0.05) is 44.8 Å². The highest BCUT2D eigenvalue weighted by atomic mass is 79.9. The van der Waals surface area contributed by atoms with Gasteiger partial charge in [-0.25, -0.2) is 0 Å². The van der Waals surface area contributed by atoms with Crippen LogP contribution in [0.25, 0.3) is 0 Å². The topological polar surface area (TPSA) is 0 Å². The minimum Gasteiger partial charge on any atom is -0.126 e. The molecule has 0 saturated carbocycles. The monoisotopic (exact) mass is 322 g/mol.